The van der Waals surface area contributed by atoms with Crippen molar-refractivity contribution in [3.05, 3.63) is 318 Å². The van der Waals surface area contributed by atoms with Crippen molar-refractivity contribution in [1.29, 1.82) is 0 Å². The van der Waals surface area contributed by atoms with Gasteiger partial charge in [0.1, 0.15) is 90.6 Å². The monoisotopic (exact) mass is 1520 g/mol. The van der Waals surface area contributed by atoms with E-state index in [2.05, 4.69) is 4.90 Å². The van der Waals surface area contributed by atoms with Crippen molar-refractivity contribution < 1.29 is 72.7 Å². The van der Waals surface area contributed by atoms with E-state index in [4.69, 9.17) is 48.8 Å². The lowest BCUT2D eigenvalue weighted by atomic mass is 9.91. The molecule has 0 saturated heterocycles. The molecule has 0 fully saturated rings. The number of aromatic nitrogens is 6. The van der Waals surface area contributed by atoms with Crippen molar-refractivity contribution in [3.63, 3.8) is 0 Å². The van der Waals surface area contributed by atoms with Crippen LogP contribution in [0.5, 0.6) is 34.5 Å². The third-order valence-electron chi connectivity index (χ3n) is 19.1. The van der Waals surface area contributed by atoms with Crippen LogP contribution in [0.25, 0.3) is 44.3 Å². The van der Waals surface area contributed by atoms with Gasteiger partial charge in [-0.1, -0.05) is 133 Å². The van der Waals surface area contributed by atoms with Crippen molar-refractivity contribution in [2.24, 2.45) is 10.8 Å². The fourth-order valence-corrected chi connectivity index (χ4v) is 13.3. The lowest BCUT2D eigenvalue weighted by Crippen LogP contribution is -2.55. The third-order valence-corrected chi connectivity index (χ3v) is 19.1. The molecule has 0 bridgehead atoms. The number of hydrogen-bond donors (Lipinski definition) is 0. The summed E-state index contributed by atoms with van der Waals surface area (Å²) < 4.78 is 170. The minimum atomic E-state index is -4.76. The van der Waals surface area contributed by atoms with Crippen LogP contribution in [0, 0.1) is 31.6 Å². The van der Waals surface area contributed by atoms with Gasteiger partial charge in [-0.2, -0.15) is 69.5 Å². The summed E-state index contributed by atoms with van der Waals surface area (Å²) in [5.41, 5.74) is 4.14. The molecule has 0 unspecified atom stereocenters. The molecule has 0 aliphatic heterocycles. The lowest BCUT2D eigenvalue weighted by molar-refractivity contribution is -0.814. The van der Waals surface area contributed by atoms with Gasteiger partial charge in [0.2, 0.25) is 0 Å². The number of rotatable bonds is 29. The molecule has 0 radical (unpaired) electrons. The van der Waals surface area contributed by atoms with Crippen LogP contribution < -0.4 is 48.1 Å². The molecule has 14 rings (SSSR count). The van der Waals surface area contributed by atoms with Crippen LogP contribution in [0.3, 0.4) is 0 Å². The Balaban J connectivity index is 0.998. The third kappa shape index (κ3) is 18.1. The quantitative estimate of drug-likeness (QED) is 0.0327. The highest BCUT2D eigenvalue weighted by Gasteiger charge is 2.42. The van der Waals surface area contributed by atoms with Crippen molar-refractivity contribution in [2.75, 3.05) is 56.5 Å². The molecule has 0 spiro atoms. The van der Waals surface area contributed by atoms with Crippen LogP contribution in [0.1, 0.15) is 33.4 Å². The second-order valence-electron chi connectivity index (χ2n) is 27.9. The number of para-hydroxylation sites is 3. The van der Waals surface area contributed by atoms with Crippen LogP contribution in [0.2, 0.25) is 0 Å². The Hall–Kier alpha value is -12.8. The molecule has 0 atom stereocenters. The SMILES string of the molecule is Cc1cccc(OCC(COc2cccc(C(F)(F)F)c2)(COc2cccc(C(F)(F)F)c2)Cn2nc3c(-c4ccc(N(c5ccccc5)c5ccccc5)cc4)c4n[n+](CC(COc5cccc(C)c5)(COc5cccc(C)c5)COc5cccc(C(F)(F)F)c5)[n-]c4c(-c4ccc(N(C)c5ccccc5)cc4)c3n2)c1. The van der Waals surface area contributed by atoms with Gasteiger partial charge < -0.3 is 38.2 Å². The number of ether oxygens (including phenoxy) is 6. The van der Waals surface area contributed by atoms with Gasteiger partial charge in [0.15, 0.2) is 6.54 Å². The molecule has 0 saturated carbocycles. The molecule has 14 aromatic rings. The van der Waals surface area contributed by atoms with Crippen molar-refractivity contribution in [1.82, 2.24) is 25.2 Å². The largest absolute Gasteiger partial charge is 0.493 e. The predicted octanol–water partition coefficient (Wildman–Crippen LogP) is 21.2. The van der Waals surface area contributed by atoms with Gasteiger partial charge >= 0.3 is 18.5 Å². The second kappa shape index (κ2) is 32.4. The number of benzene rings is 12. The molecular formula is C89H75F9N8O6. The Kier molecular flexibility index (Phi) is 22.0. The number of halogens is 9. The Morgan fingerprint density at radius 2 is 0.670 bits per heavy atom. The molecule has 570 valence electrons. The first-order valence-corrected chi connectivity index (χ1v) is 35.9. The Labute approximate surface area is 640 Å². The van der Waals surface area contributed by atoms with Crippen LogP contribution in [0.4, 0.5) is 68.0 Å². The van der Waals surface area contributed by atoms with Gasteiger partial charge in [-0.15, -0.1) is 0 Å². The lowest BCUT2D eigenvalue weighted by Gasteiger charge is -2.33. The molecule has 0 amide bonds. The molecule has 0 aliphatic rings. The van der Waals surface area contributed by atoms with E-state index in [-0.39, 0.29) is 67.8 Å². The van der Waals surface area contributed by atoms with Gasteiger partial charge in [0.05, 0.1) is 28.7 Å². The second-order valence-corrected chi connectivity index (χ2v) is 27.9. The van der Waals surface area contributed by atoms with Crippen LogP contribution >= 0.6 is 0 Å². The first-order valence-electron chi connectivity index (χ1n) is 35.9. The summed E-state index contributed by atoms with van der Waals surface area (Å²) in [7, 11) is 1.94. The minimum Gasteiger partial charge on any atom is -0.493 e. The van der Waals surface area contributed by atoms with Crippen LogP contribution in [-0.2, 0) is 31.6 Å². The zero-order chi connectivity index (χ0) is 78.2. The van der Waals surface area contributed by atoms with E-state index < -0.39 is 59.3 Å². The molecule has 23 heteroatoms. The van der Waals surface area contributed by atoms with Gasteiger partial charge in [-0.3, -0.25) is 0 Å². The summed E-state index contributed by atoms with van der Waals surface area (Å²) in [4.78, 5) is 7.02. The van der Waals surface area contributed by atoms with E-state index in [0.717, 1.165) is 81.5 Å². The average Bonchev–Trinajstić information content (AvgIpc) is 1.57. The maximum atomic E-state index is 14.5. The summed E-state index contributed by atoms with van der Waals surface area (Å²) >= 11 is 0. The molecule has 12 aromatic carbocycles. The summed E-state index contributed by atoms with van der Waals surface area (Å²) in [6.07, 6.45) is -14.2. The van der Waals surface area contributed by atoms with Crippen molar-refractivity contribution >= 4 is 50.5 Å². The fourth-order valence-electron chi connectivity index (χ4n) is 13.3. The smallest absolute Gasteiger partial charge is 0.416 e. The van der Waals surface area contributed by atoms with E-state index >= 15 is 0 Å². The number of fused-ring (bicyclic) bond motifs is 2. The summed E-state index contributed by atoms with van der Waals surface area (Å²) in [5, 5.41) is 21.8. The number of aryl methyl sites for hydroxylation is 3. The van der Waals surface area contributed by atoms with E-state index in [1.807, 2.05) is 215 Å². The van der Waals surface area contributed by atoms with Gasteiger partial charge in [-0.05, 0) is 200 Å². The first kappa shape index (κ1) is 76.0. The molecule has 2 heterocycles. The zero-order valence-corrected chi connectivity index (χ0v) is 61.2. The normalized spacial score (nSPS) is 12.1. The first-order chi connectivity index (χ1) is 53.9. The zero-order valence-electron chi connectivity index (χ0n) is 61.2. The molecule has 14 nitrogen and oxygen atoms in total. The van der Waals surface area contributed by atoms with Gasteiger partial charge in [0, 0.05) is 57.6 Å². The molecular weight excluding hydrogens is 1450 g/mol. The maximum absolute atomic E-state index is 14.5. The average molecular weight is 1520 g/mol. The summed E-state index contributed by atoms with van der Waals surface area (Å²) in [6, 6.07) is 80.2. The van der Waals surface area contributed by atoms with Crippen molar-refractivity contribution in [2.45, 2.75) is 52.4 Å². The molecule has 2 aromatic heterocycles. The van der Waals surface area contributed by atoms with Crippen molar-refractivity contribution in [3.8, 4) is 56.8 Å². The van der Waals surface area contributed by atoms with E-state index in [1.54, 1.807) is 30.3 Å². The topological polar surface area (TPSA) is 123 Å². The van der Waals surface area contributed by atoms with E-state index in [1.165, 1.54) is 46.0 Å². The Morgan fingerprint density at radius 1 is 0.348 bits per heavy atom. The minimum absolute atomic E-state index is 0.0734. The Bertz CT molecular complexity index is 5380. The van der Waals surface area contributed by atoms with E-state index in [0.29, 0.717) is 50.5 Å². The molecule has 112 heavy (non-hydrogen) atoms. The van der Waals surface area contributed by atoms with Crippen LogP contribution in [-0.4, -0.2) is 66.8 Å². The standard InChI is InChI=1S/C89H75F9N8O6/c1-60-20-14-32-73(46-60)107-54-85(55-108-74-33-15-21-61(2)47-74,57-110-76-35-17-23-65(49-76)87(90,91)92)52-104-99-81-79(63-38-42-69(43-39-63)103(4)68-26-8-5-9-27-68)82-84(80(83(81)101-104)64-40-44-72(45-41-64)106(70-28-10-6-11-29-70)71-30-12-7-13-31-71)102-105(100-82)53-86(56-109-75-34-16-22-62(3)48-75,58-111-77-36-18-24-66(50-77)88(93,94)95)59-112-78-37-19-25-67(51-78)89(96,97)98/h5-51H,52-59H2,1-4H3. The highest BCUT2D eigenvalue weighted by molar-refractivity contribution is 6.16. The number of anilines is 5. The number of hydrogen-bond acceptors (Lipinski definition) is 11. The highest BCUT2D eigenvalue weighted by Crippen LogP contribution is 2.45. The molecule has 0 N–H and O–H groups in total. The Morgan fingerprint density at radius 3 is 1.05 bits per heavy atom. The molecule has 0 aliphatic carbocycles. The maximum Gasteiger partial charge on any atom is 0.416 e. The highest BCUT2D eigenvalue weighted by atomic mass is 19.4. The predicted molar refractivity (Wildman–Crippen MR) is 412 cm³/mol. The van der Waals surface area contributed by atoms with E-state index in [9.17, 15) is 39.5 Å². The van der Waals surface area contributed by atoms with Gasteiger partial charge in [-0.25, -0.2) is 0 Å². The summed E-state index contributed by atoms with van der Waals surface area (Å²) in [5.74, 6) is 0.926. The van der Waals surface area contributed by atoms with Gasteiger partial charge in [0.25, 0.3) is 0 Å². The van der Waals surface area contributed by atoms with Crippen LogP contribution in [0.15, 0.2) is 285 Å². The number of alkyl halides is 9. The number of nitrogens with zero attached hydrogens (tertiary/aromatic N) is 8. The summed E-state index contributed by atoms with van der Waals surface area (Å²) in [6.45, 7) is 3.30. The fraction of sp³-hybridized carbons (Fsp3) is 0.191.